The van der Waals surface area contributed by atoms with E-state index in [-0.39, 0.29) is 6.04 Å². The SMILES string of the molecule is C=CCOc1c(Cl)cc(CNC[C@H](C)n2cncn2)cc1Cl. The molecule has 0 amide bonds. The molecule has 118 valence electrons. The third-order valence-corrected chi connectivity index (χ3v) is 3.62. The molecule has 1 N–H and O–H groups in total. The first-order valence-electron chi connectivity index (χ1n) is 6.88. The molecule has 2 aromatic rings. The van der Waals surface area contributed by atoms with E-state index in [0.717, 1.165) is 12.1 Å². The Hall–Kier alpha value is -1.56. The van der Waals surface area contributed by atoms with Crippen LogP contribution >= 0.6 is 23.2 Å². The number of benzene rings is 1. The zero-order valence-electron chi connectivity index (χ0n) is 12.3. The number of nitrogens with zero attached hydrogens (tertiary/aromatic N) is 3. The largest absolute Gasteiger partial charge is 0.486 e. The molecule has 0 unspecified atom stereocenters. The van der Waals surface area contributed by atoms with Crippen molar-refractivity contribution in [1.82, 2.24) is 20.1 Å². The van der Waals surface area contributed by atoms with Crippen molar-refractivity contribution in [1.29, 1.82) is 0 Å². The van der Waals surface area contributed by atoms with Crippen LogP contribution in [0.4, 0.5) is 0 Å². The number of ether oxygens (including phenoxy) is 1. The van der Waals surface area contributed by atoms with Gasteiger partial charge in [-0.3, -0.25) is 0 Å². The minimum absolute atomic E-state index is 0.212. The summed E-state index contributed by atoms with van der Waals surface area (Å²) in [7, 11) is 0. The van der Waals surface area contributed by atoms with Crippen LogP contribution in [-0.2, 0) is 6.54 Å². The summed E-state index contributed by atoms with van der Waals surface area (Å²) in [5.74, 6) is 0.489. The lowest BCUT2D eigenvalue weighted by Gasteiger charge is -2.14. The average Bonchev–Trinajstić information content (AvgIpc) is 3.00. The van der Waals surface area contributed by atoms with Gasteiger partial charge in [-0.1, -0.05) is 35.9 Å². The molecular formula is C15H18Cl2N4O. The summed E-state index contributed by atoms with van der Waals surface area (Å²) in [5.41, 5.74) is 0.992. The van der Waals surface area contributed by atoms with Crippen LogP contribution in [0.3, 0.4) is 0 Å². The van der Waals surface area contributed by atoms with Crippen LogP contribution < -0.4 is 10.1 Å². The molecule has 1 aromatic carbocycles. The van der Waals surface area contributed by atoms with E-state index < -0.39 is 0 Å². The maximum Gasteiger partial charge on any atom is 0.156 e. The minimum atomic E-state index is 0.212. The lowest BCUT2D eigenvalue weighted by molar-refractivity contribution is 0.363. The van der Waals surface area contributed by atoms with Crippen molar-refractivity contribution < 1.29 is 4.74 Å². The minimum Gasteiger partial charge on any atom is -0.486 e. The smallest absolute Gasteiger partial charge is 0.156 e. The van der Waals surface area contributed by atoms with Gasteiger partial charge in [0.05, 0.1) is 16.1 Å². The summed E-state index contributed by atoms with van der Waals surface area (Å²) in [6.45, 7) is 7.44. The molecule has 1 heterocycles. The van der Waals surface area contributed by atoms with E-state index in [9.17, 15) is 0 Å². The Balaban J connectivity index is 1.91. The molecule has 0 aliphatic heterocycles. The molecule has 0 saturated carbocycles. The monoisotopic (exact) mass is 340 g/mol. The van der Waals surface area contributed by atoms with Crippen molar-refractivity contribution in [2.24, 2.45) is 0 Å². The maximum atomic E-state index is 6.20. The third kappa shape index (κ3) is 4.47. The second kappa shape index (κ2) is 8.17. The molecule has 1 aromatic heterocycles. The molecule has 0 fully saturated rings. The fourth-order valence-electron chi connectivity index (χ4n) is 1.96. The van der Waals surface area contributed by atoms with Gasteiger partial charge in [0, 0.05) is 13.1 Å². The standard InChI is InChI=1S/C15H18Cl2N4O/c1-3-4-22-15-13(16)5-12(6-14(15)17)8-18-7-11(2)21-10-19-9-20-21/h3,5-6,9-11,18H,1,4,7-8H2,2H3/t11-/m0/s1. The zero-order valence-corrected chi connectivity index (χ0v) is 13.8. The second-order valence-corrected chi connectivity index (χ2v) is 5.66. The zero-order chi connectivity index (χ0) is 15.9. The van der Waals surface area contributed by atoms with Crippen LogP contribution in [-0.4, -0.2) is 27.9 Å². The van der Waals surface area contributed by atoms with E-state index in [2.05, 4.69) is 28.9 Å². The fraction of sp³-hybridized carbons (Fsp3) is 0.333. The van der Waals surface area contributed by atoms with Gasteiger partial charge in [-0.25, -0.2) is 9.67 Å². The molecule has 1 atom stereocenters. The van der Waals surface area contributed by atoms with Crippen LogP contribution in [0.2, 0.25) is 10.0 Å². The summed E-state index contributed by atoms with van der Waals surface area (Å²) in [6.07, 6.45) is 4.87. The molecule has 0 bridgehead atoms. The van der Waals surface area contributed by atoms with Crippen molar-refractivity contribution in [3.05, 3.63) is 53.1 Å². The molecule has 2 rings (SSSR count). The van der Waals surface area contributed by atoms with Gasteiger partial charge >= 0.3 is 0 Å². The Morgan fingerprint density at radius 3 is 2.73 bits per heavy atom. The molecule has 5 nitrogen and oxygen atoms in total. The maximum absolute atomic E-state index is 6.20. The van der Waals surface area contributed by atoms with Gasteiger partial charge in [-0.2, -0.15) is 5.10 Å². The molecule has 0 aliphatic carbocycles. The highest BCUT2D eigenvalue weighted by molar-refractivity contribution is 6.37. The van der Waals surface area contributed by atoms with Gasteiger partial charge in [-0.05, 0) is 24.6 Å². The first-order chi connectivity index (χ1) is 10.6. The summed E-state index contributed by atoms with van der Waals surface area (Å²) in [6, 6.07) is 3.90. The van der Waals surface area contributed by atoms with E-state index in [1.54, 1.807) is 17.1 Å². The van der Waals surface area contributed by atoms with Crippen molar-refractivity contribution in [2.75, 3.05) is 13.2 Å². The highest BCUT2D eigenvalue weighted by Gasteiger charge is 2.10. The van der Waals surface area contributed by atoms with E-state index in [0.29, 0.717) is 28.9 Å². The first kappa shape index (κ1) is 16.8. The lowest BCUT2D eigenvalue weighted by Crippen LogP contribution is -2.23. The summed E-state index contributed by atoms with van der Waals surface area (Å²) in [5, 5.41) is 8.44. The quantitative estimate of drug-likeness (QED) is 0.747. The molecule has 0 aliphatic rings. The van der Waals surface area contributed by atoms with E-state index in [1.807, 2.05) is 12.1 Å². The first-order valence-corrected chi connectivity index (χ1v) is 7.64. The van der Waals surface area contributed by atoms with Crippen LogP contribution in [0.5, 0.6) is 5.75 Å². The predicted octanol–water partition coefficient (Wildman–Crippen LogP) is 3.50. The van der Waals surface area contributed by atoms with Gasteiger partial charge in [-0.15, -0.1) is 0 Å². The van der Waals surface area contributed by atoms with Gasteiger partial charge in [0.15, 0.2) is 5.75 Å². The van der Waals surface area contributed by atoms with Crippen LogP contribution in [0.25, 0.3) is 0 Å². The lowest BCUT2D eigenvalue weighted by atomic mass is 10.2. The third-order valence-electron chi connectivity index (χ3n) is 3.06. The number of halogens is 2. The van der Waals surface area contributed by atoms with Gasteiger partial charge in [0.25, 0.3) is 0 Å². The summed E-state index contributed by atoms with van der Waals surface area (Å²) >= 11 is 12.4. The molecule has 0 saturated heterocycles. The number of hydrogen-bond donors (Lipinski definition) is 1. The number of rotatable bonds is 8. The van der Waals surface area contributed by atoms with E-state index >= 15 is 0 Å². The predicted molar refractivity (Wildman–Crippen MR) is 88.6 cm³/mol. The highest BCUT2D eigenvalue weighted by atomic mass is 35.5. The molecule has 7 heteroatoms. The van der Waals surface area contributed by atoms with Crippen molar-refractivity contribution >= 4 is 23.2 Å². The number of nitrogens with one attached hydrogen (secondary N) is 1. The molecular weight excluding hydrogens is 323 g/mol. The van der Waals surface area contributed by atoms with Crippen LogP contribution in [0.15, 0.2) is 37.4 Å². The van der Waals surface area contributed by atoms with Gasteiger partial charge < -0.3 is 10.1 Å². The molecule has 22 heavy (non-hydrogen) atoms. The molecule has 0 radical (unpaired) electrons. The average molecular weight is 341 g/mol. The summed E-state index contributed by atoms with van der Waals surface area (Å²) < 4.78 is 7.25. The van der Waals surface area contributed by atoms with Crippen molar-refractivity contribution in [3.8, 4) is 5.75 Å². The van der Waals surface area contributed by atoms with Crippen LogP contribution in [0.1, 0.15) is 18.5 Å². The number of aromatic nitrogens is 3. The van der Waals surface area contributed by atoms with Crippen LogP contribution in [0, 0.1) is 0 Å². The fourth-order valence-corrected chi connectivity index (χ4v) is 2.60. The molecule has 0 spiro atoms. The highest BCUT2D eigenvalue weighted by Crippen LogP contribution is 2.34. The second-order valence-electron chi connectivity index (χ2n) is 4.84. The van der Waals surface area contributed by atoms with Gasteiger partial charge in [0.1, 0.15) is 19.3 Å². The topological polar surface area (TPSA) is 52.0 Å². The van der Waals surface area contributed by atoms with Crippen molar-refractivity contribution in [3.63, 3.8) is 0 Å². The van der Waals surface area contributed by atoms with Crippen molar-refractivity contribution in [2.45, 2.75) is 19.5 Å². The van der Waals surface area contributed by atoms with E-state index in [4.69, 9.17) is 27.9 Å². The Morgan fingerprint density at radius 1 is 1.41 bits per heavy atom. The van der Waals surface area contributed by atoms with Gasteiger partial charge in [0.2, 0.25) is 0 Å². The Kier molecular flexibility index (Phi) is 6.24. The number of hydrogen-bond acceptors (Lipinski definition) is 4. The normalized spacial score (nSPS) is 12.1. The Morgan fingerprint density at radius 2 is 2.14 bits per heavy atom. The summed E-state index contributed by atoms with van der Waals surface area (Å²) in [4.78, 5) is 3.94. The van der Waals surface area contributed by atoms with E-state index in [1.165, 1.54) is 6.33 Å². The Bertz CT molecular complexity index is 593. The Labute approximate surface area is 139 Å².